The van der Waals surface area contributed by atoms with Crippen LogP contribution in [0.2, 0.25) is 0 Å². The van der Waals surface area contributed by atoms with E-state index in [4.69, 9.17) is 4.74 Å². The zero-order chi connectivity index (χ0) is 27.2. The van der Waals surface area contributed by atoms with Crippen LogP contribution in [0.1, 0.15) is 133 Å². The van der Waals surface area contributed by atoms with E-state index >= 15 is 0 Å². The lowest BCUT2D eigenvalue weighted by atomic mass is 9.41. The standard InChI is InChI=1S/C35H58O2/c1-11-26(24(5)22(2)3)20-23(4)27-14-16-33(10)29-13-12-28-31(7,8)30(37-25(6)36)15-17-34(28)21-35(29,34)19-18-32(27,33)9/h22-23,26-30H,5,11-21H2,1-4,6-10H3/t23-,26+,27-,28?,29?,30+,32-,33+,34-,35+/m1/s1. The first kappa shape index (κ1) is 27.8. The van der Waals surface area contributed by atoms with E-state index in [1.807, 2.05) is 0 Å². The van der Waals surface area contributed by atoms with Gasteiger partial charge < -0.3 is 4.74 Å². The van der Waals surface area contributed by atoms with Crippen LogP contribution in [0.15, 0.2) is 12.2 Å². The molecule has 0 N–H and O–H groups in total. The Morgan fingerprint density at radius 3 is 2.16 bits per heavy atom. The SMILES string of the molecule is C=C(C(C)C)[C@@H](CC)C[C@@H](C)[C@H]1CC[C@@]2(C)C3CCC4C(C)(C)[C@@H](OC(C)=O)CC[C@@]45C[C@@]35CC[C@]12C. The Balaban J connectivity index is 1.38. The molecule has 210 valence electrons. The topological polar surface area (TPSA) is 26.3 Å². The van der Waals surface area contributed by atoms with E-state index in [2.05, 4.69) is 62.0 Å². The lowest BCUT2D eigenvalue weighted by Gasteiger charge is -2.63. The van der Waals surface area contributed by atoms with Crippen LogP contribution in [0.5, 0.6) is 0 Å². The molecule has 2 heteroatoms. The van der Waals surface area contributed by atoms with Crippen molar-refractivity contribution in [2.24, 2.45) is 62.6 Å². The third-order valence-electron chi connectivity index (χ3n) is 14.5. The van der Waals surface area contributed by atoms with Gasteiger partial charge in [-0.2, -0.15) is 0 Å². The lowest BCUT2D eigenvalue weighted by molar-refractivity contribution is -0.181. The molecule has 0 aromatic heterocycles. The number of ether oxygens (including phenoxy) is 1. The van der Waals surface area contributed by atoms with Crippen LogP contribution in [0.25, 0.3) is 0 Å². The number of carbonyl (C=O) groups excluding carboxylic acids is 1. The Morgan fingerprint density at radius 2 is 1.54 bits per heavy atom. The van der Waals surface area contributed by atoms with E-state index in [-0.39, 0.29) is 17.5 Å². The van der Waals surface area contributed by atoms with E-state index in [0.29, 0.717) is 39.4 Å². The quantitative estimate of drug-likeness (QED) is 0.252. The number of hydrogen-bond donors (Lipinski definition) is 0. The van der Waals surface area contributed by atoms with Crippen molar-refractivity contribution < 1.29 is 9.53 Å². The fourth-order valence-electron chi connectivity index (χ4n) is 12.4. The van der Waals surface area contributed by atoms with Gasteiger partial charge >= 0.3 is 5.97 Å². The summed E-state index contributed by atoms with van der Waals surface area (Å²) in [5.41, 5.74) is 3.62. The molecular weight excluding hydrogens is 452 g/mol. The van der Waals surface area contributed by atoms with Crippen molar-refractivity contribution in [1.29, 1.82) is 0 Å². The first-order valence-electron chi connectivity index (χ1n) is 16.1. The average Bonchev–Trinajstić information content (AvgIpc) is 3.40. The van der Waals surface area contributed by atoms with E-state index in [0.717, 1.165) is 24.2 Å². The molecule has 0 saturated heterocycles. The van der Waals surface area contributed by atoms with Gasteiger partial charge in [0.1, 0.15) is 6.10 Å². The first-order valence-corrected chi connectivity index (χ1v) is 16.1. The zero-order valence-corrected chi connectivity index (χ0v) is 25.8. The molecule has 0 bridgehead atoms. The molecule has 5 fully saturated rings. The van der Waals surface area contributed by atoms with Gasteiger partial charge in [-0.15, -0.1) is 0 Å². The van der Waals surface area contributed by atoms with Crippen LogP contribution in [0.4, 0.5) is 0 Å². The van der Waals surface area contributed by atoms with Gasteiger partial charge in [0.2, 0.25) is 0 Å². The molecular formula is C35H58O2. The van der Waals surface area contributed by atoms with E-state index in [1.165, 1.54) is 69.8 Å². The molecule has 5 aliphatic carbocycles. The van der Waals surface area contributed by atoms with Gasteiger partial charge in [-0.05, 0) is 128 Å². The Hall–Kier alpha value is -0.790. The van der Waals surface area contributed by atoms with Gasteiger partial charge in [0.15, 0.2) is 0 Å². The zero-order valence-electron chi connectivity index (χ0n) is 25.8. The molecule has 0 aromatic carbocycles. The lowest BCUT2D eigenvalue weighted by Crippen LogP contribution is -2.58. The van der Waals surface area contributed by atoms with Gasteiger partial charge in [-0.3, -0.25) is 4.79 Å². The molecule has 0 heterocycles. The second-order valence-corrected chi connectivity index (χ2v) is 16.2. The molecule has 37 heavy (non-hydrogen) atoms. The fraction of sp³-hybridized carbons (Fsp3) is 0.914. The minimum Gasteiger partial charge on any atom is -0.462 e. The molecule has 5 saturated carbocycles. The molecule has 10 atom stereocenters. The summed E-state index contributed by atoms with van der Waals surface area (Å²) in [6, 6.07) is 0. The van der Waals surface area contributed by atoms with Crippen molar-refractivity contribution in [3.05, 3.63) is 12.2 Å². The van der Waals surface area contributed by atoms with Crippen molar-refractivity contribution >= 4 is 5.97 Å². The monoisotopic (exact) mass is 510 g/mol. The summed E-state index contributed by atoms with van der Waals surface area (Å²) < 4.78 is 5.93. The van der Waals surface area contributed by atoms with E-state index < -0.39 is 0 Å². The maximum absolute atomic E-state index is 11.9. The maximum Gasteiger partial charge on any atom is 0.302 e. The second kappa shape index (κ2) is 8.86. The highest BCUT2D eigenvalue weighted by atomic mass is 16.5. The minimum absolute atomic E-state index is 0.0948. The normalized spacial score (nSPS) is 47.2. The van der Waals surface area contributed by atoms with Crippen LogP contribution in [0.3, 0.4) is 0 Å². The van der Waals surface area contributed by atoms with Crippen LogP contribution < -0.4 is 0 Å². The molecule has 0 radical (unpaired) electrons. The van der Waals surface area contributed by atoms with Crippen LogP contribution >= 0.6 is 0 Å². The van der Waals surface area contributed by atoms with E-state index in [1.54, 1.807) is 6.92 Å². The Morgan fingerprint density at radius 1 is 0.892 bits per heavy atom. The van der Waals surface area contributed by atoms with Crippen molar-refractivity contribution in [2.75, 3.05) is 0 Å². The van der Waals surface area contributed by atoms with Gasteiger partial charge in [0.05, 0.1) is 0 Å². The third kappa shape index (κ3) is 3.65. The molecule has 0 amide bonds. The predicted octanol–water partition coefficient (Wildman–Crippen LogP) is 9.62. The van der Waals surface area contributed by atoms with Crippen LogP contribution in [-0.4, -0.2) is 12.1 Å². The molecule has 5 aliphatic rings. The Bertz CT molecular complexity index is 932. The summed E-state index contributed by atoms with van der Waals surface area (Å²) in [4.78, 5) is 11.9. The largest absolute Gasteiger partial charge is 0.462 e. The van der Waals surface area contributed by atoms with Crippen molar-refractivity contribution in [3.8, 4) is 0 Å². The van der Waals surface area contributed by atoms with Gasteiger partial charge in [-0.25, -0.2) is 0 Å². The second-order valence-electron chi connectivity index (χ2n) is 16.2. The number of rotatable bonds is 7. The summed E-state index contributed by atoms with van der Waals surface area (Å²) in [7, 11) is 0. The number of allylic oxidation sites excluding steroid dienone is 1. The highest BCUT2D eigenvalue weighted by Gasteiger charge is 2.82. The fourth-order valence-corrected chi connectivity index (χ4v) is 12.4. The number of fused-ring (bicyclic) bond motifs is 2. The Labute approximate surface area is 229 Å². The molecule has 2 unspecified atom stereocenters. The highest BCUT2D eigenvalue weighted by Crippen LogP contribution is 2.89. The molecule has 2 nitrogen and oxygen atoms in total. The smallest absolute Gasteiger partial charge is 0.302 e. The summed E-state index contributed by atoms with van der Waals surface area (Å²) in [5, 5.41) is 0. The van der Waals surface area contributed by atoms with E-state index in [9.17, 15) is 4.79 Å². The van der Waals surface area contributed by atoms with Gasteiger partial charge in [0.25, 0.3) is 0 Å². The van der Waals surface area contributed by atoms with Crippen molar-refractivity contribution in [1.82, 2.24) is 0 Å². The predicted molar refractivity (Wildman–Crippen MR) is 154 cm³/mol. The molecule has 2 spiro atoms. The summed E-state index contributed by atoms with van der Waals surface area (Å²) in [5.74, 6) is 4.42. The summed E-state index contributed by atoms with van der Waals surface area (Å²) in [6.45, 7) is 26.1. The highest BCUT2D eigenvalue weighted by molar-refractivity contribution is 5.66. The summed E-state index contributed by atoms with van der Waals surface area (Å²) >= 11 is 0. The minimum atomic E-state index is -0.0948. The third-order valence-corrected chi connectivity index (χ3v) is 14.5. The van der Waals surface area contributed by atoms with Gasteiger partial charge in [0, 0.05) is 12.3 Å². The average molecular weight is 511 g/mol. The van der Waals surface area contributed by atoms with Crippen molar-refractivity contribution in [3.63, 3.8) is 0 Å². The first-order chi connectivity index (χ1) is 17.2. The Kier molecular flexibility index (Phi) is 6.65. The molecule has 0 aliphatic heterocycles. The van der Waals surface area contributed by atoms with Crippen molar-refractivity contribution in [2.45, 2.75) is 139 Å². The summed E-state index contributed by atoms with van der Waals surface area (Å²) in [6.07, 6.45) is 15.0. The number of carbonyl (C=O) groups is 1. The number of hydrogen-bond acceptors (Lipinski definition) is 2. The maximum atomic E-state index is 11.9. The van der Waals surface area contributed by atoms with Crippen LogP contribution in [0, 0.1) is 62.6 Å². The van der Waals surface area contributed by atoms with Crippen LogP contribution in [-0.2, 0) is 9.53 Å². The molecule has 5 rings (SSSR count). The molecule has 0 aromatic rings. The number of esters is 1. The van der Waals surface area contributed by atoms with Gasteiger partial charge in [-0.1, -0.05) is 67.5 Å².